The third-order valence-corrected chi connectivity index (χ3v) is 6.18. The Kier molecular flexibility index (Phi) is 3.77. The topological polar surface area (TPSA) is 110 Å². The maximum Gasteiger partial charge on any atom is 0.229 e. The van der Waals surface area contributed by atoms with Gasteiger partial charge in [0.2, 0.25) is 5.95 Å². The molecule has 0 bridgehead atoms. The van der Waals surface area contributed by atoms with Crippen LogP contribution in [-0.4, -0.2) is 40.4 Å². The van der Waals surface area contributed by atoms with Crippen LogP contribution < -0.4 is 5.32 Å². The Labute approximate surface area is 187 Å². The van der Waals surface area contributed by atoms with E-state index in [-0.39, 0.29) is 6.04 Å². The van der Waals surface area contributed by atoms with Crippen molar-refractivity contribution in [3.8, 4) is 11.4 Å². The lowest BCUT2D eigenvalue weighted by molar-refractivity contribution is 0.550. The summed E-state index contributed by atoms with van der Waals surface area (Å²) < 4.78 is 2.02. The minimum atomic E-state index is 0.112. The highest BCUT2D eigenvalue weighted by atomic mass is 15.5. The van der Waals surface area contributed by atoms with Gasteiger partial charge in [-0.3, -0.25) is 0 Å². The number of aromatic nitrogens is 8. The van der Waals surface area contributed by atoms with Gasteiger partial charge in [0.05, 0.1) is 17.6 Å². The number of rotatable bonds is 4. The van der Waals surface area contributed by atoms with Gasteiger partial charge in [-0.05, 0) is 63.0 Å². The quantitative estimate of drug-likeness (QED) is 0.433. The van der Waals surface area contributed by atoms with Gasteiger partial charge in [-0.2, -0.15) is 10.1 Å². The largest absolute Gasteiger partial charge is 0.324 e. The number of nitrogens with zero attached hydrogens (tertiary/aromatic N) is 7. The SMILES string of the molecule is c1cc2c3c(cccc3c1)[C@@H](n1ncc3cnc(Nc4ccc(-c5nnn[nH]5)cc4)nc31)C2. The van der Waals surface area contributed by atoms with Crippen LogP contribution in [0.2, 0.25) is 0 Å². The van der Waals surface area contributed by atoms with E-state index in [2.05, 4.69) is 67.3 Å². The zero-order valence-electron chi connectivity index (χ0n) is 17.3. The maximum absolute atomic E-state index is 4.81. The molecule has 0 fully saturated rings. The van der Waals surface area contributed by atoms with E-state index in [0.29, 0.717) is 11.8 Å². The molecule has 0 radical (unpaired) electrons. The van der Waals surface area contributed by atoms with Crippen LogP contribution in [0.3, 0.4) is 0 Å². The van der Waals surface area contributed by atoms with Crippen molar-refractivity contribution in [2.24, 2.45) is 0 Å². The minimum absolute atomic E-state index is 0.112. The molecule has 3 aromatic carbocycles. The molecule has 0 unspecified atom stereocenters. The number of benzene rings is 3. The molecule has 6 aromatic rings. The van der Waals surface area contributed by atoms with Gasteiger partial charge in [0.25, 0.3) is 0 Å². The number of fused-ring (bicyclic) bond motifs is 1. The first-order chi connectivity index (χ1) is 16.3. The summed E-state index contributed by atoms with van der Waals surface area (Å²) in [6, 6.07) is 20.8. The van der Waals surface area contributed by atoms with Gasteiger partial charge >= 0.3 is 0 Å². The lowest BCUT2D eigenvalue weighted by Gasteiger charge is -2.14. The Morgan fingerprint density at radius 1 is 0.939 bits per heavy atom. The highest BCUT2D eigenvalue weighted by Crippen LogP contribution is 2.39. The van der Waals surface area contributed by atoms with Gasteiger partial charge in [-0.1, -0.05) is 36.4 Å². The van der Waals surface area contributed by atoms with Gasteiger partial charge in [-0.15, -0.1) is 5.10 Å². The molecule has 2 N–H and O–H groups in total. The summed E-state index contributed by atoms with van der Waals surface area (Å²) >= 11 is 0. The second kappa shape index (κ2) is 6.92. The van der Waals surface area contributed by atoms with Crippen molar-refractivity contribution < 1.29 is 0 Å². The second-order valence-electron chi connectivity index (χ2n) is 8.10. The Balaban J connectivity index is 1.23. The van der Waals surface area contributed by atoms with Gasteiger partial charge in [0.1, 0.15) is 0 Å². The molecule has 0 aliphatic heterocycles. The van der Waals surface area contributed by atoms with E-state index in [4.69, 9.17) is 10.1 Å². The third-order valence-electron chi connectivity index (χ3n) is 6.18. The van der Waals surface area contributed by atoms with Crippen LogP contribution in [-0.2, 0) is 6.42 Å². The molecule has 3 heterocycles. The Morgan fingerprint density at radius 3 is 2.67 bits per heavy atom. The molecule has 9 nitrogen and oxygen atoms in total. The van der Waals surface area contributed by atoms with Crippen LogP contribution in [0.5, 0.6) is 0 Å². The normalized spacial score (nSPS) is 14.8. The Bertz CT molecular complexity index is 1610. The fraction of sp³-hybridized carbons (Fsp3) is 0.0833. The van der Waals surface area contributed by atoms with Crippen molar-refractivity contribution in [2.75, 3.05) is 5.32 Å². The molecule has 0 spiro atoms. The molecule has 1 aliphatic carbocycles. The summed E-state index contributed by atoms with van der Waals surface area (Å²) in [6.07, 6.45) is 4.55. The summed E-state index contributed by atoms with van der Waals surface area (Å²) in [4.78, 5) is 9.29. The molecule has 0 amide bonds. The highest BCUT2D eigenvalue weighted by molar-refractivity contribution is 5.91. The molecule has 1 atom stereocenters. The fourth-order valence-corrected chi connectivity index (χ4v) is 4.68. The first kappa shape index (κ1) is 18.0. The van der Waals surface area contributed by atoms with Crippen molar-refractivity contribution in [3.63, 3.8) is 0 Å². The lowest BCUT2D eigenvalue weighted by atomic mass is 10.0. The molecule has 1 aliphatic rings. The van der Waals surface area contributed by atoms with Crippen molar-refractivity contribution in [3.05, 3.63) is 84.2 Å². The first-order valence-corrected chi connectivity index (χ1v) is 10.7. The van der Waals surface area contributed by atoms with Gasteiger partial charge in [-0.25, -0.2) is 14.8 Å². The van der Waals surface area contributed by atoms with E-state index in [1.54, 1.807) is 0 Å². The average Bonchev–Trinajstić information content (AvgIpc) is 3.60. The van der Waals surface area contributed by atoms with Crippen molar-refractivity contribution >= 4 is 33.4 Å². The predicted octanol–water partition coefficient (Wildman–Crippen LogP) is 4.05. The molecule has 7 rings (SSSR count). The summed E-state index contributed by atoms with van der Waals surface area (Å²) in [5, 5.41) is 25.4. The van der Waals surface area contributed by atoms with E-state index < -0.39 is 0 Å². The van der Waals surface area contributed by atoms with Crippen LogP contribution in [0.25, 0.3) is 33.2 Å². The van der Waals surface area contributed by atoms with Crippen LogP contribution in [0.1, 0.15) is 17.2 Å². The zero-order chi connectivity index (χ0) is 21.8. The van der Waals surface area contributed by atoms with Crippen molar-refractivity contribution in [1.82, 2.24) is 40.4 Å². The minimum Gasteiger partial charge on any atom is -0.324 e. The average molecular weight is 431 g/mol. The molecule has 0 saturated heterocycles. The summed E-state index contributed by atoms with van der Waals surface area (Å²) in [5.74, 6) is 1.14. The molecule has 0 saturated carbocycles. The molecule has 3 aromatic heterocycles. The fourth-order valence-electron chi connectivity index (χ4n) is 4.68. The van der Waals surface area contributed by atoms with Crippen molar-refractivity contribution in [1.29, 1.82) is 0 Å². The zero-order valence-corrected chi connectivity index (χ0v) is 17.3. The standard InChI is InChI=1S/C24H17N9/c1-3-14-4-2-6-19-20(11-16(5-1)21(14)19)33-23-17(13-26-33)12-25-24(28-23)27-18-9-7-15(8-10-18)22-29-31-32-30-22/h1-10,12-13,20H,11H2,(H,25,27,28)(H,29,30,31,32)/t20-/m0/s1. The van der Waals surface area contributed by atoms with E-state index in [9.17, 15) is 0 Å². The van der Waals surface area contributed by atoms with Gasteiger partial charge in [0, 0.05) is 17.4 Å². The summed E-state index contributed by atoms with van der Waals surface area (Å²) in [7, 11) is 0. The Hall–Kier alpha value is -4.66. The first-order valence-electron chi connectivity index (χ1n) is 10.7. The van der Waals surface area contributed by atoms with Gasteiger partial charge < -0.3 is 5.32 Å². The van der Waals surface area contributed by atoms with E-state index in [0.717, 1.165) is 28.7 Å². The lowest BCUT2D eigenvalue weighted by Crippen LogP contribution is -2.12. The van der Waals surface area contributed by atoms with Crippen LogP contribution in [0.15, 0.2) is 73.1 Å². The number of aromatic amines is 1. The summed E-state index contributed by atoms with van der Waals surface area (Å²) in [6.45, 7) is 0. The number of hydrogen-bond acceptors (Lipinski definition) is 7. The molecule has 158 valence electrons. The van der Waals surface area contributed by atoms with Crippen LogP contribution in [0.4, 0.5) is 11.6 Å². The molecule has 33 heavy (non-hydrogen) atoms. The van der Waals surface area contributed by atoms with Crippen LogP contribution >= 0.6 is 0 Å². The summed E-state index contributed by atoms with van der Waals surface area (Å²) in [5.41, 5.74) is 5.22. The third kappa shape index (κ3) is 2.86. The smallest absolute Gasteiger partial charge is 0.229 e. The Morgan fingerprint density at radius 2 is 1.82 bits per heavy atom. The van der Waals surface area contributed by atoms with E-state index in [1.165, 1.54) is 21.9 Å². The van der Waals surface area contributed by atoms with E-state index >= 15 is 0 Å². The van der Waals surface area contributed by atoms with E-state index in [1.807, 2.05) is 41.3 Å². The van der Waals surface area contributed by atoms with Gasteiger partial charge in [0.15, 0.2) is 11.5 Å². The number of hydrogen-bond donors (Lipinski definition) is 2. The van der Waals surface area contributed by atoms with Crippen LogP contribution in [0, 0.1) is 0 Å². The monoisotopic (exact) mass is 431 g/mol. The molecular weight excluding hydrogens is 414 g/mol. The number of anilines is 2. The number of nitrogens with one attached hydrogen (secondary N) is 2. The maximum atomic E-state index is 4.81. The highest BCUT2D eigenvalue weighted by Gasteiger charge is 2.27. The van der Waals surface area contributed by atoms with Crippen molar-refractivity contribution in [2.45, 2.75) is 12.5 Å². The number of tetrazole rings is 1. The molecular formula is C24H17N9. The number of H-pyrrole nitrogens is 1. The molecule has 9 heteroatoms. The predicted molar refractivity (Wildman–Crippen MR) is 124 cm³/mol. The second-order valence-corrected chi connectivity index (χ2v) is 8.10.